The largest absolute Gasteiger partial charge is 0.351 e. The first-order valence-corrected chi connectivity index (χ1v) is 8.62. The number of halogens is 2. The van der Waals surface area contributed by atoms with E-state index < -0.39 is 0 Å². The minimum atomic E-state index is 0. The first-order valence-electron chi connectivity index (χ1n) is 6.94. The van der Waals surface area contributed by atoms with Crippen LogP contribution in [0.2, 0.25) is 0 Å². The number of piperidine rings is 1. The van der Waals surface area contributed by atoms with Crippen LogP contribution >= 0.6 is 39.7 Å². The van der Waals surface area contributed by atoms with Crippen LogP contribution in [0.15, 0.2) is 15.9 Å². The molecule has 2 bridgehead atoms. The van der Waals surface area contributed by atoms with Gasteiger partial charge in [-0.2, -0.15) is 0 Å². The highest BCUT2D eigenvalue weighted by Gasteiger charge is 2.34. The summed E-state index contributed by atoms with van der Waals surface area (Å²) >= 11 is 5.11. The predicted molar refractivity (Wildman–Crippen MR) is 88.4 cm³/mol. The monoisotopic (exact) mass is 378 g/mol. The van der Waals surface area contributed by atoms with Crippen LogP contribution < -0.4 is 10.6 Å². The molecule has 0 radical (unpaired) electrons. The van der Waals surface area contributed by atoms with Crippen LogP contribution in [0.5, 0.6) is 0 Å². The van der Waals surface area contributed by atoms with Gasteiger partial charge in [-0.05, 0) is 53.6 Å². The van der Waals surface area contributed by atoms with Crippen molar-refractivity contribution in [3.63, 3.8) is 0 Å². The number of rotatable bonds is 4. The lowest BCUT2D eigenvalue weighted by molar-refractivity contribution is -0.122. The highest BCUT2D eigenvalue weighted by atomic mass is 79.9. The van der Waals surface area contributed by atoms with Gasteiger partial charge in [0.25, 0.3) is 0 Å². The Morgan fingerprint density at radius 1 is 1.40 bits per heavy atom. The van der Waals surface area contributed by atoms with E-state index in [0.717, 1.165) is 4.47 Å². The van der Waals surface area contributed by atoms with E-state index in [1.54, 1.807) is 11.3 Å². The summed E-state index contributed by atoms with van der Waals surface area (Å²) in [5.41, 5.74) is 0. The van der Waals surface area contributed by atoms with Gasteiger partial charge in [0.15, 0.2) is 0 Å². The zero-order chi connectivity index (χ0) is 13.2. The van der Waals surface area contributed by atoms with Crippen LogP contribution in [0, 0.1) is 5.92 Å². The summed E-state index contributed by atoms with van der Waals surface area (Å²) in [6.07, 6.45) is 5.64. The molecular formula is C14H20BrClN2OS. The van der Waals surface area contributed by atoms with Crippen molar-refractivity contribution in [2.45, 2.75) is 50.7 Å². The van der Waals surface area contributed by atoms with E-state index in [1.165, 1.54) is 30.6 Å². The molecule has 3 nitrogen and oxygen atoms in total. The highest BCUT2D eigenvalue weighted by molar-refractivity contribution is 9.10. The van der Waals surface area contributed by atoms with Crippen LogP contribution in [0.1, 0.15) is 37.0 Å². The van der Waals surface area contributed by atoms with Gasteiger partial charge in [-0.1, -0.05) is 0 Å². The quantitative estimate of drug-likeness (QED) is 0.841. The fraction of sp³-hybridized carbons (Fsp3) is 0.643. The fourth-order valence-electron chi connectivity index (χ4n) is 3.31. The standard InChI is InChI=1S/C14H19BrN2OS.ClH/c15-10-6-13(19-8-10)7-16-14(18)5-9-3-11-1-2-12(4-9)17-11;/h6,8-9,11-12,17H,1-5,7H2,(H,16,18);1H. The van der Waals surface area contributed by atoms with Crippen molar-refractivity contribution in [1.29, 1.82) is 0 Å². The Kier molecular flexibility index (Phi) is 5.90. The first kappa shape index (κ1) is 16.3. The third-order valence-corrected chi connectivity index (χ3v) is 5.82. The molecule has 6 heteroatoms. The van der Waals surface area contributed by atoms with Gasteiger partial charge < -0.3 is 10.6 Å². The molecule has 2 aliphatic rings. The van der Waals surface area contributed by atoms with Gasteiger partial charge in [-0.25, -0.2) is 0 Å². The number of nitrogens with one attached hydrogen (secondary N) is 2. The minimum Gasteiger partial charge on any atom is -0.351 e. The van der Waals surface area contributed by atoms with E-state index in [9.17, 15) is 4.79 Å². The molecular weight excluding hydrogens is 360 g/mol. The van der Waals surface area contributed by atoms with E-state index >= 15 is 0 Å². The Labute approximate surface area is 138 Å². The second-order valence-electron chi connectivity index (χ2n) is 5.69. The number of thiophene rings is 1. The molecule has 0 spiro atoms. The van der Waals surface area contributed by atoms with Gasteiger partial charge in [-0.3, -0.25) is 4.79 Å². The smallest absolute Gasteiger partial charge is 0.220 e. The second kappa shape index (κ2) is 7.25. The average molecular weight is 380 g/mol. The molecule has 0 aliphatic carbocycles. The van der Waals surface area contributed by atoms with Crippen molar-refractivity contribution in [1.82, 2.24) is 10.6 Å². The molecule has 3 heterocycles. The Balaban J connectivity index is 0.00000147. The number of amides is 1. The third-order valence-electron chi connectivity index (χ3n) is 4.13. The summed E-state index contributed by atoms with van der Waals surface area (Å²) in [5, 5.41) is 8.71. The lowest BCUT2D eigenvalue weighted by Gasteiger charge is -2.28. The average Bonchev–Trinajstić information content (AvgIpc) is 2.93. The molecule has 2 N–H and O–H groups in total. The lowest BCUT2D eigenvalue weighted by atomic mass is 9.89. The maximum Gasteiger partial charge on any atom is 0.220 e. The topological polar surface area (TPSA) is 41.1 Å². The molecule has 2 fully saturated rings. The maximum absolute atomic E-state index is 12.0. The molecule has 1 amide bonds. The molecule has 112 valence electrons. The first-order chi connectivity index (χ1) is 9.19. The number of carbonyl (C=O) groups is 1. The SMILES string of the molecule is Cl.O=C(CC1CC2CCC(C1)N2)NCc1cc(Br)cs1. The van der Waals surface area contributed by atoms with Crippen LogP contribution in [0.4, 0.5) is 0 Å². The second-order valence-corrected chi connectivity index (χ2v) is 7.60. The Morgan fingerprint density at radius 3 is 2.70 bits per heavy atom. The lowest BCUT2D eigenvalue weighted by Crippen LogP contribution is -2.39. The summed E-state index contributed by atoms with van der Waals surface area (Å²) in [5.74, 6) is 0.782. The van der Waals surface area contributed by atoms with Crippen molar-refractivity contribution in [2.24, 2.45) is 5.92 Å². The summed E-state index contributed by atoms with van der Waals surface area (Å²) < 4.78 is 1.09. The van der Waals surface area contributed by atoms with Crippen LogP contribution in [0.25, 0.3) is 0 Å². The molecule has 1 aromatic heterocycles. The van der Waals surface area contributed by atoms with Gasteiger partial charge in [-0.15, -0.1) is 23.7 Å². The molecule has 2 aliphatic heterocycles. The number of hydrogen-bond acceptors (Lipinski definition) is 3. The van der Waals surface area contributed by atoms with E-state index in [4.69, 9.17) is 0 Å². The minimum absolute atomic E-state index is 0. The summed E-state index contributed by atoms with van der Waals surface area (Å²) in [6, 6.07) is 3.41. The molecule has 0 aromatic carbocycles. The normalized spacial score (nSPS) is 27.9. The van der Waals surface area contributed by atoms with Gasteiger partial charge in [0.05, 0.1) is 6.54 Å². The Hall–Kier alpha value is -0.100. The van der Waals surface area contributed by atoms with E-state index in [-0.39, 0.29) is 18.3 Å². The van der Waals surface area contributed by atoms with Gasteiger partial charge in [0.2, 0.25) is 5.91 Å². The number of hydrogen-bond donors (Lipinski definition) is 2. The van der Waals surface area contributed by atoms with E-state index in [1.807, 2.05) is 5.38 Å². The number of carbonyl (C=O) groups excluding carboxylic acids is 1. The maximum atomic E-state index is 12.0. The molecule has 0 saturated carbocycles. The summed E-state index contributed by atoms with van der Waals surface area (Å²) in [4.78, 5) is 13.2. The molecule has 2 saturated heterocycles. The Bertz CT molecular complexity index is 456. The summed E-state index contributed by atoms with van der Waals surface area (Å²) in [6.45, 7) is 0.660. The van der Waals surface area contributed by atoms with Crippen LogP contribution in [0.3, 0.4) is 0 Å². The van der Waals surface area contributed by atoms with Crippen LogP contribution in [-0.4, -0.2) is 18.0 Å². The van der Waals surface area contributed by atoms with Gasteiger partial charge in [0, 0.05) is 33.2 Å². The van der Waals surface area contributed by atoms with Crippen LogP contribution in [-0.2, 0) is 11.3 Å². The molecule has 3 rings (SSSR count). The Morgan fingerprint density at radius 2 is 2.10 bits per heavy atom. The van der Waals surface area contributed by atoms with E-state index in [0.29, 0.717) is 31.0 Å². The highest BCUT2D eigenvalue weighted by Crippen LogP contribution is 2.32. The van der Waals surface area contributed by atoms with Gasteiger partial charge in [0.1, 0.15) is 0 Å². The zero-order valence-corrected chi connectivity index (χ0v) is 14.5. The van der Waals surface area contributed by atoms with Crippen molar-refractivity contribution >= 4 is 45.6 Å². The van der Waals surface area contributed by atoms with Crippen molar-refractivity contribution in [3.8, 4) is 0 Å². The van der Waals surface area contributed by atoms with Crippen molar-refractivity contribution in [3.05, 3.63) is 20.8 Å². The molecule has 1 aromatic rings. The van der Waals surface area contributed by atoms with E-state index in [2.05, 4.69) is 32.6 Å². The van der Waals surface area contributed by atoms with Crippen molar-refractivity contribution < 1.29 is 4.79 Å². The summed E-state index contributed by atoms with van der Waals surface area (Å²) in [7, 11) is 0. The third kappa shape index (κ3) is 4.20. The molecule has 2 unspecified atom stereocenters. The molecule has 2 atom stereocenters. The zero-order valence-electron chi connectivity index (χ0n) is 11.2. The van der Waals surface area contributed by atoms with Crippen molar-refractivity contribution in [2.75, 3.05) is 0 Å². The predicted octanol–water partition coefficient (Wildman–Crippen LogP) is 3.47. The molecule has 20 heavy (non-hydrogen) atoms. The van der Waals surface area contributed by atoms with Gasteiger partial charge >= 0.3 is 0 Å². The number of fused-ring (bicyclic) bond motifs is 2. The fourth-order valence-corrected chi connectivity index (χ4v) is 4.70.